The van der Waals surface area contributed by atoms with Gasteiger partial charge in [-0.15, -0.1) is 0 Å². The fraction of sp³-hybridized carbons (Fsp3) is 0.385. The van der Waals surface area contributed by atoms with Crippen LogP contribution in [0.3, 0.4) is 0 Å². The average molecular weight is 217 g/mol. The minimum Gasteiger partial charge on any atom is -0.467 e. The van der Waals surface area contributed by atoms with Gasteiger partial charge in [-0.05, 0) is 24.8 Å². The first-order chi connectivity index (χ1) is 7.81. The minimum absolute atomic E-state index is 0.229. The molecule has 0 radical (unpaired) electrons. The van der Waals surface area contributed by atoms with E-state index in [2.05, 4.69) is 4.99 Å². The Balaban J connectivity index is 2.22. The number of carbonyl (C=O) groups is 1. The Labute approximate surface area is 95.2 Å². The van der Waals surface area contributed by atoms with E-state index in [0.29, 0.717) is 0 Å². The van der Waals surface area contributed by atoms with E-state index in [1.807, 2.05) is 30.3 Å². The molecule has 16 heavy (non-hydrogen) atoms. The molecule has 3 nitrogen and oxygen atoms in total. The first kappa shape index (κ1) is 10.9. The molecular weight excluding hydrogens is 202 g/mol. The molecule has 2 rings (SSSR count). The second-order valence-corrected chi connectivity index (χ2v) is 3.87. The van der Waals surface area contributed by atoms with Gasteiger partial charge in [-0.2, -0.15) is 0 Å². The normalized spacial score (nSPS) is 20.1. The summed E-state index contributed by atoms with van der Waals surface area (Å²) < 4.78 is 4.73. The molecule has 1 aromatic rings. The van der Waals surface area contributed by atoms with Crippen LogP contribution in [0.1, 0.15) is 24.8 Å². The Hall–Kier alpha value is -1.64. The van der Waals surface area contributed by atoms with Gasteiger partial charge in [0, 0.05) is 5.71 Å². The van der Waals surface area contributed by atoms with Crippen LogP contribution in [0.4, 0.5) is 0 Å². The summed E-state index contributed by atoms with van der Waals surface area (Å²) in [4.78, 5) is 15.9. The van der Waals surface area contributed by atoms with Gasteiger partial charge in [0.15, 0.2) is 0 Å². The van der Waals surface area contributed by atoms with Gasteiger partial charge >= 0.3 is 5.97 Å². The van der Waals surface area contributed by atoms with Gasteiger partial charge in [-0.3, -0.25) is 4.99 Å². The van der Waals surface area contributed by atoms with Crippen LogP contribution in [0.25, 0.3) is 0 Å². The van der Waals surface area contributed by atoms with Crippen molar-refractivity contribution in [1.82, 2.24) is 0 Å². The van der Waals surface area contributed by atoms with Gasteiger partial charge in [0.05, 0.1) is 7.11 Å². The number of carbonyl (C=O) groups excluding carboxylic acids is 1. The first-order valence-electron chi connectivity index (χ1n) is 5.51. The summed E-state index contributed by atoms with van der Waals surface area (Å²) in [5.74, 6) is -0.229. The molecule has 1 atom stereocenters. The summed E-state index contributed by atoms with van der Waals surface area (Å²) in [5.41, 5.74) is 2.12. The highest BCUT2D eigenvalue weighted by molar-refractivity contribution is 6.02. The van der Waals surface area contributed by atoms with Crippen molar-refractivity contribution >= 4 is 11.7 Å². The summed E-state index contributed by atoms with van der Waals surface area (Å²) in [7, 11) is 1.41. The topological polar surface area (TPSA) is 38.7 Å². The molecule has 84 valence electrons. The van der Waals surface area contributed by atoms with Gasteiger partial charge in [-0.25, -0.2) is 4.79 Å². The molecule has 0 spiro atoms. The van der Waals surface area contributed by atoms with E-state index in [4.69, 9.17) is 4.74 Å². The van der Waals surface area contributed by atoms with Gasteiger partial charge in [0.1, 0.15) is 6.04 Å². The second kappa shape index (κ2) is 4.92. The minimum atomic E-state index is -0.311. The monoisotopic (exact) mass is 217 g/mol. The summed E-state index contributed by atoms with van der Waals surface area (Å²) >= 11 is 0. The highest BCUT2D eigenvalue weighted by Crippen LogP contribution is 2.18. The highest BCUT2D eigenvalue weighted by Gasteiger charge is 2.22. The van der Waals surface area contributed by atoms with Crippen LogP contribution in [-0.4, -0.2) is 24.8 Å². The number of hydrogen-bond acceptors (Lipinski definition) is 3. The van der Waals surface area contributed by atoms with Crippen molar-refractivity contribution in [3.63, 3.8) is 0 Å². The number of aliphatic imine (C=N–C) groups is 1. The van der Waals surface area contributed by atoms with Crippen LogP contribution >= 0.6 is 0 Å². The molecule has 0 saturated heterocycles. The lowest BCUT2D eigenvalue weighted by Crippen LogP contribution is -2.25. The maximum absolute atomic E-state index is 11.4. The van der Waals surface area contributed by atoms with Crippen molar-refractivity contribution in [3.8, 4) is 0 Å². The van der Waals surface area contributed by atoms with Crippen LogP contribution in [0.2, 0.25) is 0 Å². The molecular formula is C13H15NO2. The van der Waals surface area contributed by atoms with E-state index in [0.717, 1.165) is 30.5 Å². The van der Waals surface area contributed by atoms with Gasteiger partial charge in [0.2, 0.25) is 0 Å². The second-order valence-electron chi connectivity index (χ2n) is 3.87. The molecule has 0 saturated carbocycles. The van der Waals surface area contributed by atoms with Crippen molar-refractivity contribution in [2.75, 3.05) is 7.11 Å². The van der Waals surface area contributed by atoms with Gasteiger partial charge < -0.3 is 4.74 Å². The van der Waals surface area contributed by atoms with Crippen molar-refractivity contribution in [1.29, 1.82) is 0 Å². The Morgan fingerprint density at radius 3 is 2.81 bits per heavy atom. The first-order valence-corrected chi connectivity index (χ1v) is 5.51. The van der Waals surface area contributed by atoms with E-state index >= 15 is 0 Å². The SMILES string of the molecule is COC(=O)C1CCCC(c2ccccc2)=N1. The molecule has 1 aliphatic rings. The predicted octanol–water partition coefficient (Wildman–Crippen LogP) is 2.20. The standard InChI is InChI=1S/C13H15NO2/c1-16-13(15)12-9-5-8-11(14-12)10-6-3-2-4-7-10/h2-4,6-7,12H,5,8-9H2,1H3. The van der Waals surface area contributed by atoms with Gasteiger partial charge in [0.25, 0.3) is 0 Å². The number of esters is 1. The number of ether oxygens (including phenoxy) is 1. The van der Waals surface area contributed by atoms with Crippen LogP contribution in [-0.2, 0) is 9.53 Å². The molecule has 1 heterocycles. The Bertz CT molecular complexity index is 398. The smallest absolute Gasteiger partial charge is 0.330 e. The number of benzene rings is 1. The van der Waals surface area contributed by atoms with Crippen LogP contribution in [0, 0.1) is 0 Å². The lowest BCUT2D eigenvalue weighted by atomic mass is 9.98. The van der Waals surface area contributed by atoms with Crippen LogP contribution in [0.5, 0.6) is 0 Å². The van der Waals surface area contributed by atoms with E-state index in [1.54, 1.807) is 0 Å². The average Bonchev–Trinajstić information content (AvgIpc) is 2.39. The molecule has 0 bridgehead atoms. The van der Waals surface area contributed by atoms with Crippen molar-refractivity contribution in [2.24, 2.45) is 4.99 Å². The molecule has 1 aliphatic heterocycles. The predicted molar refractivity (Wildman–Crippen MR) is 62.6 cm³/mol. The van der Waals surface area contributed by atoms with Crippen molar-refractivity contribution in [2.45, 2.75) is 25.3 Å². The lowest BCUT2D eigenvalue weighted by Gasteiger charge is -2.18. The Morgan fingerprint density at radius 1 is 1.38 bits per heavy atom. The van der Waals surface area contributed by atoms with Crippen LogP contribution < -0.4 is 0 Å². The molecule has 1 unspecified atom stereocenters. The fourth-order valence-electron chi connectivity index (χ4n) is 1.94. The summed E-state index contributed by atoms with van der Waals surface area (Å²) in [5, 5.41) is 0. The number of nitrogens with zero attached hydrogens (tertiary/aromatic N) is 1. The van der Waals surface area contributed by atoms with Crippen LogP contribution in [0.15, 0.2) is 35.3 Å². The quantitative estimate of drug-likeness (QED) is 0.712. The van der Waals surface area contributed by atoms with E-state index in [1.165, 1.54) is 7.11 Å². The molecule has 0 aliphatic carbocycles. The molecule has 1 aromatic carbocycles. The Kier molecular flexibility index (Phi) is 3.34. The third-order valence-corrected chi connectivity index (χ3v) is 2.78. The van der Waals surface area contributed by atoms with Crippen molar-refractivity contribution in [3.05, 3.63) is 35.9 Å². The zero-order valence-electron chi connectivity index (χ0n) is 9.35. The zero-order valence-corrected chi connectivity index (χ0v) is 9.35. The zero-order chi connectivity index (χ0) is 11.4. The lowest BCUT2D eigenvalue weighted by molar-refractivity contribution is -0.142. The van der Waals surface area contributed by atoms with E-state index in [-0.39, 0.29) is 12.0 Å². The summed E-state index contributed by atoms with van der Waals surface area (Å²) in [6.45, 7) is 0. The largest absolute Gasteiger partial charge is 0.467 e. The summed E-state index contributed by atoms with van der Waals surface area (Å²) in [6.07, 6.45) is 2.73. The van der Waals surface area contributed by atoms with Crippen molar-refractivity contribution < 1.29 is 9.53 Å². The molecule has 0 N–H and O–H groups in total. The molecule has 3 heteroatoms. The number of methoxy groups -OCH3 is 1. The molecule has 0 amide bonds. The summed E-state index contributed by atoms with van der Waals surface area (Å²) in [6, 6.07) is 9.69. The maximum Gasteiger partial charge on any atom is 0.330 e. The Morgan fingerprint density at radius 2 is 2.12 bits per heavy atom. The maximum atomic E-state index is 11.4. The molecule has 0 aromatic heterocycles. The fourth-order valence-corrected chi connectivity index (χ4v) is 1.94. The number of hydrogen-bond donors (Lipinski definition) is 0. The van der Waals surface area contributed by atoms with Gasteiger partial charge in [-0.1, -0.05) is 30.3 Å². The number of rotatable bonds is 2. The highest BCUT2D eigenvalue weighted by atomic mass is 16.5. The van der Waals surface area contributed by atoms with E-state index < -0.39 is 0 Å². The third-order valence-electron chi connectivity index (χ3n) is 2.78. The molecule has 0 fully saturated rings. The van der Waals surface area contributed by atoms with E-state index in [9.17, 15) is 4.79 Å². The third kappa shape index (κ3) is 2.30.